The van der Waals surface area contributed by atoms with E-state index in [1.54, 1.807) is 0 Å². The third kappa shape index (κ3) is 6.02. The standard InChI is InChI=1S/C4H10NO2P/c1-5(2)3-4-7-8-6/h3-4H2,1-2H3. The monoisotopic (exact) mass is 135 g/mol. The van der Waals surface area contributed by atoms with Crippen LogP contribution in [-0.2, 0) is 9.09 Å². The molecule has 0 spiro atoms. The van der Waals surface area contributed by atoms with Gasteiger partial charge in [-0.2, -0.15) is 0 Å². The summed E-state index contributed by atoms with van der Waals surface area (Å²) >= 11 is 0. The number of rotatable bonds is 4. The molecule has 3 nitrogen and oxygen atoms in total. The first-order valence-electron chi connectivity index (χ1n) is 2.36. The third-order valence-electron chi connectivity index (χ3n) is 0.682. The van der Waals surface area contributed by atoms with Crippen LogP contribution in [0.4, 0.5) is 0 Å². The van der Waals surface area contributed by atoms with Crippen molar-refractivity contribution in [2.24, 2.45) is 0 Å². The maximum Gasteiger partial charge on any atom is 0.327 e. The van der Waals surface area contributed by atoms with Gasteiger partial charge in [0.15, 0.2) is 0 Å². The molecule has 0 fully saturated rings. The number of nitrogens with zero attached hydrogens (tertiary/aromatic N) is 1. The van der Waals surface area contributed by atoms with Crippen molar-refractivity contribution in [3.63, 3.8) is 0 Å². The fourth-order valence-electron chi connectivity index (χ4n) is 0.261. The summed E-state index contributed by atoms with van der Waals surface area (Å²) in [5, 5.41) is 0. The number of hydrogen-bond donors (Lipinski definition) is 0. The lowest BCUT2D eigenvalue weighted by molar-refractivity contribution is 0.278. The minimum absolute atomic E-state index is 0.226. The van der Waals surface area contributed by atoms with Crippen LogP contribution >= 0.6 is 8.69 Å². The lowest BCUT2D eigenvalue weighted by atomic mass is 10.6. The van der Waals surface area contributed by atoms with Gasteiger partial charge in [-0.25, -0.2) is 4.57 Å². The predicted octanol–water partition coefficient (Wildman–Crippen LogP) is 0.771. The molecule has 0 unspecified atom stereocenters. The molecule has 0 aromatic heterocycles. The van der Waals surface area contributed by atoms with E-state index in [2.05, 4.69) is 4.52 Å². The lowest BCUT2D eigenvalue weighted by Gasteiger charge is -2.05. The van der Waals surface area contributed by atoms with Gasteiger partial charge >= 0.3 is 8.69 Å². The van der Waals surface area contributed by atoms with Crippen LogP contribution in [-0.4, -0.2) is 32.1 Å². The van der Waals surface area contributed by atoms with Gasteiger partial charge in [0.25, 0.3) is 0 Å². The molecule has 0 aliphatic rings. The predicted molar refractivity (Wildman–Crippen MR) is 32.1 cm³/mol. The van der Waals surface area contributed by atoms with Crippen molar-refractivity contribution in [1.82, 2.24) is 4.90 Å². The van der Waals surface area contributed by atoms with Gasteiger partial charge in [0.05, 0.1) is 6.61 Å². The summed E-state index contributed by atoms with van der Waals surface area (Å²) in [6.07, 6.45) is 0. The van der Waals surface area contributed by atoms with E-state index >= 15 is 0 Å². The van der Waals surface area contributed by atoms with Crippen LogP contribution in [0, 0.1) is 0 Å². The van der Waals surface area contributed by atoms with Gasteiger partial charge in [-0.3, -0.25) is 4.52 Å². The Balaban J connectivity index is 2.81. The molecule has 0 radical (unpaired) electrons. The fourth-order valence-corrected chi connectivity index (χ4v) is 0.417. The third-order valence-corrected chi connectivity index (χ3v) is 0.970. The molecule has 0 saturated carbocycles. The van der Waals surface area contributed by atoms with E-state index in [0.29, 0.717) is 6.61 Å². The maximum atomic E-state index is 9.64. The summed E-state index contributed by atoms with van der Waals surface area (Å²) in [4.78, 5) is 1.96. The summed E-state index contributed by atoms with van der Waals surface area (Å²) in [6.45, 7) is 1.34. The van der Waals surface area contributed by atoms with Crippen LogP contribution in [0.5, 0.6) is 0 Å². The van der Waals surface area contributed by atoms with E-state index < -0.39 is 0 Å². The van der Waals surface area contributed by atoms with Gasteiger partial charge in [-0.15, -0.1) is 0 Å². The van der Waals surface area contributed by atoms with Gasteiger partial charge in [-0.05, 0) is 14.1 Å². The van der Waals surface area contributed by atoms with Gasteiger partial charge in [0, 0.05) is 6.54 Å². The summed E-state index contributed by atoms with van der Waals surface area (Å²) in [5.74, 6) is 0. The molecule has 0 aliphatic carbocycles. The van der Waals surface area contributed by atoms with E-state index in [0.717, 1.165) is 6.54 Å². The summed E-state index contributed by atoms with van der Waals surface area (Å²) in [7, 11) is 3.64. The Morgan fingerprint density at radius 2 is 2.25 bits per heavy atom. The first kappa shape index (κ1) is 8.02. The van der Waals surface area contributed by atoms with Crippen LogP contribution in [0.1, 0.15) is 0 Å². The molecular weight excluding hydrogens is 125 g/mol. The average molecular weight is 135 g/mol. The highest BCUT2D eigenvalue weighted by atomic mass is 31.1. The summed E-state index contributed by atoms with van der Waals surface area (Å²) < 4.78 is 14.2. The molecule has 0 rings (SSSR count). The molecule has 8 heavy (non-hydrogen) atoms. The molecule has 0 N–H and O–H groups in total. The normalized spacial score (nSPS) is 10.9. The Bertz CT molecular complexity index is 67.1. The Labute approximate surface area is 50.9 Å². The van der Waals surface area contributed by atoms with E-state index in [1.807, 2.05) is 19.0 Å². The largest absolute Gasteiger partial charge is 0.327 e. The fraction of sp³-hybridized carbons (Fsp3) is 1.00. The first-order valence-corrected chi connectivity index (χ1v) is 3.09. The smallest absolute Gasteiger partial charge is 0.307 e. The van der Waals surface area contributed by atoms with Crippen molar-refractivity contribution in [1.29, 1.82) is 0 Å². The zero-order valence-corrected chi connectivity index (χ0v) is 6.02. The van der Waals surface area contributed by atoms with E-state index in [1.165, 1.54) is 0 Å². The summed E-state index contributed by atoms with van der Waals surface area (Å²) in [6, 6.07) is 0. The Kier molecular flexibility index (Phi) is 5.18. The summed E-state index contributed by atoms with van der Waals surface area (Å²) in [5.41, 5.74) is 0. The molecule has 0 aromatic rings. The molecule has 0 heterocycles. The van der Waals surface area contributed by atoms with Crippen molar-refractivity contribution in [3.05, 3.63) is 0 Å². The zero-order chi connectivity index (χ0) is 6.41. The second-order valence-corrected chi connectivity index (χ2v) is 2.12. The van der Waals surface area contributed by atoms with Crippen LogP contribution < -0.4 is 0 Å². The Morgan fingerprint density at radius 1 is 1.62 bits per heavy atom. The number of hydrogen-bond acceptors (Lipinski definition) is 3. The van der Waals surface area contributed by atoms with Crippen LogP contribution in [0.25, 0.3) is 0 Å². The second kappa shape index (κ2) is 5.16. The molecule has 0 atom stereocenters. The van der Waals surface area contributed by atoms with E-state index in [-0.39, 0.29) is 8.69 Å². The molecule has 0 amide bonds. The average Bonchev–Trinajstić information content (AvgIpc) is 1.66. The maximum absolute atomic E-state index is 9.64. The van der Waals surface area contributed by atoms with Crippen LogP contribution in [0.15, 0.2) is 0 Å². The molecule has 48 valence electrons. The molecule has 4 heteroatoms. The van der Waals surface area contributed by atoms with Gasteiger partial charge in [0.1, 0.15) is 0 Å². The minimum Gasteiger partial charge on any atom is -0.307 e. The van der Waals surface area contributed by atoms with Gasteiger partial charge in [-0.1, -0.05) is 0 Å². The van der Waals surface area contributed by atoms with Crippen molar-refractivity contribution in [3.8, 4) is 0 Å². The van der Waals surface area contributed by atoms with E-state index in [4.69, 9.17) is 0 Å². The zero-order valence-electron chi connectivity index (χ0n) is 5.13. The lowest BCUT2D eigenvalue weighted by Crippen LogP contribution is -2.16. The van der Waals surface area contributed by atoms with Crippen molar-refractivity contribution in [2.45, 2.75) is 0 Å². The Hall–Kier alpha value is 0.0200. The van der Waals surface area contributed by atoms with E-state index in [9.17, 15) is 4.57 Å². The topological polar surface area (TPSA) is 29.5 Å². The highest BCUT2D eigenvalue weighted by Crippen LogP contribution is 1.91. The molecular formula is C4H10NO2P. The van der Waals surface area contributed by atoms with Crippen LogP contribution in [0.3, 0.4) is 0 Å². The van der Waals surface area contributed by atoms with Gasteiger partial charge < -0.3 is 4.90 Å². The molecule has 0 aromatic carbocycles. The van der Waals surface area contributed by atoms with Crippen molar-refractivity contribution < 1.29 is 9.09 Å². The van der Waals surface area contributed by atoms with Crippen molar-refractivity contribution in [2.75, 3.05) is 27.2 Å². The molecule has 0 aliphatic heterocycles. The quantitative estimate of drug-likeness (QED) is 0.421. The SMILES string of the molecule is CN(C)CCOP=O. The first-order chi connectivity index (χ1) is 3.77. The Morgan fingerprint density at radius 3 is 2.62 bits per heavy atom. The minimum atomic E-state index is -0.226. The second-order valence-electron chi connectivity index (χ2n) is 1.71. The van der Waals surface area contributed by atoms with Crippen LogP contribution in [0.2, 0.25) is 0 Å². The highest BCUT2D eigenvalue weighted by molar-refractivity contribution is 7.17. The molecule has 0 bridgehead atoms. The highest BCUT2D eigenvalue weighted by Gasteiger charge is 1.87. The number of likely N-dealkylation sites (N-methyl/N-ethyl adjacent to an activating group) is 1. The van der Waals surface area contributed by atoms with Gasteiger partial charge in [0.2, 0.25) is 0 Å². The van der Waals surface area contributed by atoms with Crippen molar-refractivity contribution >= 4 is 8.69 Å². The molecule has 0 saturated heterocycles.